The van der Waals surface area contributed by atoms with E-state index in [2.05, 4.69) is 22.3 Å². The monoisotopic (exact) mass is 455 g/mol. The molecule has 3 aromatic heterocycles. The molecule has 176 valence electrons. The summed E-state index contributed by atoms with van der Waals surface area (Å²) < 4.78 is 18.9. The van der Waals surface area contributed by atoms with Crippen LogP contribution in [0.1, 0.15) is 43.7 Å². The van der Waals surface area contributed by atoms with Gasteiger partial charge >= 0.3 is 6.09 Å². The Kier molecular flexibility index (Phi) is 6.64. The molecule has 4 rings (SSSR count). The summed E-state index contributed by atoms with van der Waals surface area (Å²) in [4.78, 5) is 32.1. The molecule has 4 heterocycles. The zero-order chi connectivity index (χ0) is 23.5. The van der Waals surface area contributed by atoms with Crippen LogP contribution in [0.15, 0.2) is 29.1 Å². The molecule has 0 aliphatic carbocycles. The predicted molar refractivity (Wildman–Crippen MR) is 122 cm³/mol. The lowest BCUT2D eigenvalue weighted by Crippen LogP contribution is -2.46. The number of carbonyl (C=O) groups is 2. The van der Waals surface area contributed by atoms with Crippen molar-refractivity contribution in [1.29, 1.82) is 0 Å². The van der Waals surface area contributed by atoms with Crippen LogP contribution in [0.25, 0.3) is 22.2 Å². The second kappa shape index (κ2) is 9.62. The van der Waals surface area contributed by atoms with Gasteiger partial charge < -0.3 is 19.2 Å². The van der Waals surface area contributed by atoms with Crippen LogP contribution in [-0.4, -0.2) is 59.2 Å². The molecule has 0 saturated carbocycles. The van der Waals surface area contributed by atoms with Crippen LogP contribution >= 0.6 is 0 Å². The number of pyridine rings is 1. The number of amides is 2. The molecule has 0 spiro atoms. The number of hydrogen-bond acceptors (Lipinski definition) is 7. The first-order valence-electron chi connectivity index (χ1n) is 11.2. The Bertz CT molecular complexity index is 1150. The van der Waals surface area contributed by atoms with Crippen molar-refractivity contribution < 1.29 is 23.5 Å². The number of rotatable bonds is 6. The normalized spacial score (nSPS) is 18.3. The smallest absolute Gasteiger partial charge is 0.414 e. The van der Waals surface area contributed by atoms with E-state index in [-0.39, 0.29) is 24.5 Å². The number of aromatic nitrogens is 3. The van der Waals surface area contributed by atoms with Crippen molar-refractivity contribution in [3.8, 4) is 11.3 Å². The highest BCUT2D eigenvalue weighted by molar-refractivity contribution is 6.11. The lowest BCUT2D eigenvalue weighted by Gasteiger charge is -2.36. The summed E-state index contributed by atoms with van der Waals surface area (Å²) in [5.74, 6) is -0.386. The van der Waals surface area contributed by atoms with Crippen molar-refractivity contribution in [1.82, 2.24) is 20.1 Å². The minimum atomic E-state index is -0.521. The van der Waals surface area contributed by atoms with E-state index < -0.39 is 12.0 Å². The highest BCUT2D eigenvalue weighted by Crippen LogP contribution is 2.39. The SMILES string of the molecule is CCOC(=O)N(c1c(C(=O)NC)oc2cnc(-c3cnn(C)c3)cc12)C1CCOC(CC)C1. The van der Waals surface area contributed by atoms with Crippen LogP contribution in [0.3, 0.4) is 0 Å². The number of furan rings is 1. The highest BCUT2D eigenvalue weighted by Gasteiger charge is 2.37. The van der Waals surface area contributed by atoms with Crippen LogP contribution < -0.4 is 10.2 Å². The fourth-order valence-corrected chi connectivity index (χ4v) is 4.20. The topological polar surface area (TPSA) is 112 Å². The number of nitrogens with one attached hydrogen (secondary N) is 1. The lowest BCUT2D eigenvalue weighted by atomic mass is 9.99. The minimum Gasteiger partial charge on any atom is -0.449 e. The second-order valence-electron chi connectivity index (χ2n) is 7.98. The van der Waals surface area contributed by atoms with Gasteiger partial charge in [-0.25, -0.2) is 4.79 Å². The fraction of sp³-hybridized carbons (Fsp3) is 0.478. The van der Waals surface area contributed by atoms with E-state index in [1.807, 2.05) is 19.3 Å². The first-order valence-corrected chi connectivity index (χ1v) is 11.2. The number of nitrogens with zero attached hydrogens (tertiary/aromatic N) is 4. The molecule has 1 saturated heterocycles. The zero-order valence-corrected chi connectivity index (χ0v) is 19.3. The largest absolute Gasteiger partial charge is 0.449 e. The molecule has 10 nitrogen and oxygen atoms in total. The maximum absolute atomic E-state index is 13.3. The molecule has 3 aromatic rings. The lowest BCUT2D eigenvalue weighted by molar-refractivity contribution is 0.00468. The van der Waals surface area contributed by atoms with E-state index in [0.717, 1.165) is 12.0 Å². The minimum absolute atomic E-state index is 0.0231. The van der Waals surface area contributed by atoms with Crippen LogP contribution in [0.4, 0.5) is 10.5 Å². The van der Waals surface area contributed by atoms with Crippen molar-refractivity contribution in [3.05, 3.63) is 30.4 Å². The van der Waals surface area contributed by atoms with Gasteiger partial charge in [0.25, 0.3) is 5.91 Å². The third-order valence-corrected chi connectivity index (χ3v) is 5.85. The molecule has 0 bridgehead atoms. The molecule has 1 aliphatic heterocycles. The highest BCUT2D eigenvalue weighted by atomic mass is 16.6. The molecule has 1 fully saturated rings. The number of aryl methyl sites for hydroxylation is 1. The standard InChI is InChI=1S/C23H29N5O5/c1-5-16-9-15(7-8-32-16)28(23(30)31-6-2)20-17-10-18(14-11-26-27(4)13-14)25-12-19(17)33-21(20)22(29)24-3/h10-13,15-16H,5-9H2,1-4H3,(H,24,29). The Morgan fingerprint density at radius 3 is 2.82 bits per heavy atom. The molecule has 0 aromatic carbocycles. The van der Waals surface area contributed by atoms with Gasteiger partial charge in [0.05, 0.1) is 30.8 Å². The zero-order valence-electron chi connectivity index (χ0n) is 19.3. The average molecular weight is 456 g/mol. The molecule has 0 radical (unpaired) electrons. The summed E-state index contributed by atoms with van der Waals surface area (Å²) in [6.07, 6.45) is 6.71. The van der Waals surface area contributed by atoms with Crippen molar-refractivity contribution in [2.45, 2.75) is 45.3 Å². The number of fused-ring (bicyclic) bond motifs is 1. The van der Waals surface area contributed by atoms with Gasteiger partial charge in [-0.3, -0.25) is 19.4 Å². The van der Waals surface area contributed by atoms with Gasteiger partial charge in [0, 0.05) is 43.9 Å². The first kappa shape index (κ1) is 22.8. The molecule has 10 heteroatoms. The van der Waals surface area contributed by atoms with E-state index >= 15 is 0 Å². The third-order valence-electron chi connectivity index (χ3n) is 5.85. The van der Waals surface area contributed by atoms with E-state index in [0.29, 0.717) is 41.8 Å². The van der Waals surface area contributed by atoms with Gasteiger partial charge in [-0.15, -0.1) is 0 Å². The van der Waals surface area contributed by atoms with Crippen LogP contribution in [0, 0.1) is 0 Å². The van der Waals surface area contributed by atoms with Crippen LogP contribution in [0.5, 0.6) is 0 Å². The molecule has 1 aliphatic rings. The molecule has 33 heavy (non-hydrogen) atoms. The summed E-state index contributed by atoms with van der Waals surface area (Å²) in [6.45, 7) is 4.54. The van der Waals surface area contributed by atoms with Gasteiger partial charge in [-0.2, -0.15) is 5.10 Å². The number of ether oxygens (including phenoxy) is 2. The third kappa shape index (κ3) is 4.43. The van der Waals surface area contributed by atoms with E-state index in [9.17, 15) is 9.59 Å². The van der Waals surface area contributed by atoms with Crippen molar-refractivity contribution in [2.24, 2.45) is 7.05 Å². The summed E-state index contributed by atoms with van der Waals surface area (Å²) in [5.41, 5.74) is 2.26. The Morgan fingerprint density at radius 2 is 2.15 bits per heavy atom. The molecule has 1 N–H and O–H groups in total. The van der Waals surface area contributed by atoms with Crippen LogP contribution in [0.2, 0.25) is 0 Å². The summed E-state index contributed by atoms with van der Waals surface area (Å²) in [7, 11) is 3.35. The van der Waals surface area contributed by atoms with Crippen molar-refractivity contribution >= 4 is 28.7 Å². The van der Waals surface area contributed by atoms with E-state index in [4.69, 9.17) is 13.9 Å². The van der Waals surface area contributed by atoms with E-state index in [1.54, 1.807) is 28.9 Å². The van der Waals surface area contributed by atoms with Crippen molar-refractivity contribution in [2.75, 3.05) is 25.2 Å². The summed E-state index contributed by atoms with van der Waals surface area (Å²) in [6, 6.07) is 1.61. The van der Waals surface area contributed by atoms with Gasteiger partial charge in [0.1, 0.15) is 5.69 Å². The fourth-order valence-electron chi connectivity index (χ4n) is 4.20. The van der Waals surface area contributed by atoms with Crippen molar-refractivity contribution in [3.63, 3.8) is 0 Å². The number of hydrogen-bond donors (Lipinski definition) is 1. The predicted octanol–water partition coefficient (Wildman–Crippen LogP) is 3.51. The van der Waals surface area contributed by atoms with Gasteiger partial charge in [0.2, 0.25) is 5.76 Å². The Balaban J connectivity index is 1.90. The van der Waals surface area contributed by atoms with Gasteiger partial charge in [-0.05, 0) is 32.3 Å². The number of anilines is 1. The molecule has 2 unspecified atom stereocenters. The van der Waals surface area contributed by atoms with Gasteiger partial charge in [0.15, 0.2) is 5.58 Å². The maximum Gasteiger partial charge on any atom is 0.414 e. The molecular formula is C23H29N5O5. The summed E-state index contributed by atoms with van der Waals surface area (Å²) in [5, 5.41) is 7.43. The van der Waals surface area contributed by atoms with E-state index in [1.165, 1.54) is 7.05 Å². The first-order chi connectivity index (χ1) is 16.0. The van der Waals surface area contributed by atoms with Crippen LogP contribution in [-0.2, 0) is 16.5 Å². The maximum atomic E-state index is 13.3. The molecule has 2 atom stereocenters. The Hall–Kier alpha value is -3.40. The summed E-state index contributed by atoms with van der Waals surface area (Å²) >= 11 is 0. The molecule has 2 amide bonds. The Labute approximate surface area is 191 Å². The second-order valence-corrected chi connectivity index (χ2v) is 7.98. The molecular weight excluding hydrogens is 426 g/mol. The number of carbonyl (C=O) groups excluding carboxylic acids is 2. The van der Waals surface area contributed by atoms with Gasteiger partial charge in [-0.1, -0.05) is 6.92 Å². The Morgan fingerprint density at radius 1 is 1.33 bits per heavy atom. The quantitative estimate of drug-likeness (QED) is 0.605. The average Bonchev–Trinajstić information content (AvgIpc) is 3.42.